The Morgan fingerprint density at radius 1 is 1.22 bits per heavy atom. The number of ether oxygens (including phenoxy) is 1. The zero-order valence-corrected chi connectivity index (χ0v) is 21.9. The van der Waals surface area contributed by atoms with Crippen molar-refractivity contribution in [3.63, 3.8) is 0 Å². The predicted octanol–water partition coefficient (Wildman–Crippen LogP) is 6.28. The molecule has 5 rings (SSSR count). The fourth-order valence-corrected chi connectivity index (χ4v) is 6.43. The highest BCUT2D eigenvalue weighted by Gasteiger charge is 2.27. The smallest absolute Gasteiger partial charge is 0.278 e. The Bertz CT molecular complexity index is 1230. The van der Waals surface area contributed by atoms with Gasteiger partial charge in [-0.25, -0.2) is 22.8 Å². The molecule has 1 aliphatic heterocycles. The van der Waals surface area contributed by atoms with Crippen molar-refractivity contribution >= 4 is 28.0 Å². The van der Waals surface area contributed by atoms with Gasteiger partial charge in [0.05, 0.1) is 11.2 Å². The second-order valence-corrected chi connectivity index (χ2v) is 11.6. The van der Waals surface area contributed by atoms with Crippen LogP contribution in [-0.4, -0.2) is 51.1 Å². The van der Waals surface area contributed by atoms with Crippen LogP contribution >= 0.6 is 11.3 Å². The third kappa shape index (κ3) is 6.52. The van der Waals surface area contributed by atoms with Gasteiger partial charge >= 0.3 is 0 Å². The lowest BCUT2D eigenvalue weighted by atomic mass is 9.78. The Morgan fingerprint density at radius 2 is 2.00 bits per heavy atom. The van der Waals surface area contributed by atoms with Crippen LogP contribution in [0.2, 0.25) is 0 Å². The number of ketones is 1. The first-order valence-electron chi connectivity index (χ1n) is 13.0. The molecule has 1 aromatic carbocycles. The lowest BCUT2D eigenvalue weighted by Gasteiger charge is -2.31. The molecule has 1 fully saturated rings. The van der Waals surface area contributed by atoms with E-state index in [2.05, 4.69) is 15.0 Å². The first-order chi connectivity index (χ1) is 17.8. The van der Waals surface area contributed by atoms with Crippen molar-refractivity contribution in [1.29, 1.82) is 0 Å². The average Bonchev–Trinajstić information content (AvgIpc) is 3.49. The maximum atomic E-state index is 13.1. The van der Waals surface area contributed by atoms with E-state index < -0.39 is 19.3 Å². The number of rotatable bonds is 10. The van der Waals surface area contributed by atoms with Gasteiger partial charge in [-0.05, 0) is 50.1 Å². The van der Waals surface area contributed by atoms with Crippen LogP contribution in [0.15, 0.2) is 24.4 Å². The summed E-state index contributed by atoms with van der Waals surface area (Å²) in [5.41, 5.74) is 2.25. The highest BCUT2D eigenvalue weighted by molar-refractivity contribution is 7.13. The summed E-state index contributed by atoms with van der Waals surface area (Å²) in [6.45, 7) is 2.19. The molecule has 2 aromatic heterocycles. The minimum Gasteiger partial charge on any atom is -0.464 e. The van der Waals surface area contributed by atoms with E-state index in [-0.39, 0.29) is 5.78 Å². The lowest BCUT2D eigenvalue weighted by Crippen LogP contribution is -2.32. The number of hydrogen-bond donors (Lipinski definition) is 0. The van der Waals surface area contributed by atoms with Crippen LogP contribution < -0.4 is 4.74 Å². The van der Waals surface area contributed by atoms with Crippen LogP contribution in [-0.2, 0) is 19.8 Å². The van der Waals surface area contributed by atoms with Gasteiger partial charge in [-0.1, -0.05) is 36.3 Å². The van der Waals surface area contributed by atoms with Crippen molar-refractivity contribution in [2.24, 2.45) is 11.8 Å². The number of Topliss-reactive ketones (excluding diaryl/α,β-unsaturated/α-hetero) is 1. The van der Waals surface area contributed by atoms with E-state index in [0.29, 0.717) is 34.5 Å². The number of fused-ring (bicyclic) bond motifs is 2. The largest absolute Gasteiger partial charge is 0.464 e. The molecule has 200 valence electrons. The number of halogens is 3. The molecule has 10 heteroatoms. The first-order valence-corrected chi connectivity index (χ1v) is 13.9. The topological polar surface area (TPSA) is 60.2 Å². The number of carbonyl (C=O) groups is 1. The Hall–Kier alpha value is -2.46. The van der Waals surface area contributed by atoms with Crippen molar-refractivity contribution in [2.45, 2.75) is 71.1 Å². The fourth-order valence-electron chi connectivity index (χ4n) is 5.53. The minimum atomic E-state index is -2.86. The van der Waals surface area contributed by atoms with Gasteiger partial charge in [0.15, 0.2) is 19.2 Å². The van der Waals surface area contributed by atoms with E-state index in [1.807, 2.05) is 12.1 Å². The normalized spacial score (nSPS) is 20.8. The van der Waals surface area contributed by atoms with Crippen LogP contribution in [0.3, 0.4) is 0 Å². The molecular formula is C27H33F3N4O2S. The molecule has 1 saturated carbocycles. The van der Waals surface area contributed by atoms with Gasteiger partial charge in [-0.15, -0.1) is 0 Å². The lowest BCUT2D eigenvalue weighted by molar-refractivity contribution is -0.0230. The zero-order valence-electron chi connectivity index (χ0n) is 21.1. The summed E-state index contributed by atoms with van der Waals surface area (Å²) in [6, 6.07) is 5.44. The third-order valence-corrected chi connectivity index (χ3v) is 8.62. The molecule has 37 heavy (non-hydrogen) atoms. The van der Waals surface area contributed by atoms with Gasteiger partial charge < -0.3 is 4.74 Å². The molecule has 3 aromatic rings. The molecule has 0 saturated heterocycles. The molecule has 1 aliphatic carbocycles. The van der Waals surface area contributed by atoms with Crippen LogP contribution in [0.5, 0.6) is 5.19 Å². The molecule has 0 unspecified atom stereocenters. The summed E-state index contributed by atoms with van der Waals surface area (Å²) in [5, 5.41) is 5.24. The zero-order chi connectivity index (χ0) is 26.0. The Labute approximate surface area is 218 Å². The molecule has 0 N–H and O–H groups in total. The van der Waals surface area contributed by atoms with Crippen molar-refractivity contribution in [1.82, 2.24) is 19.7 Å². The van der Waals surface area contributed by atoms with Crippen LogP contribution in [0.1, 0.15) is 66.4 Å². The van der Waals surface area contributed by atoms with Crippen molar-refractivity contribution in [2.75, 3.05) is 19.7 Å². The molecule has 6 nitrogen and oxygen atoms in total. The number of thiazole rings is 1. The predicted molar refractivity (Wildman–Crippen MR) is 137 cm³/mol. The van der Waals surface area contributed by atoms with E-state index in [1.54, 1.807) is 12.3 Å². The average molecular weight is 535 g/mol. The van der Waals surface area contributed by atoms with Gasteiger partial charge in [-0.2, -0.15) is 5.10 Å². The number of alkyl halides is 3. The van der Waals surface area contributed by atoms with Gasteiger partial charge in [0.25, 0.3) is 11.1 Å². The highest BCUT2D eigenvalue weighted by Crippen LogP contribution is 2.35. The van der Waals surface area contributed by atoms with Gasteiger partial charge in [0.1, 0.15) is 0 Å². The molecule has 0 spiro atoms. The number of aromatic nitrogens is 3. The monoisotopic (exact) mass is 534 g/mol. The van der Waals surface area contributed by atoms with Gasteiger partial charge in [-0.3, -0.25) is 9.69 Å². The Balaban J connectivity index is 1.06. The summed E-state index contributed by atoms with van der Waals surface area (Å²) < 4.78 is 45.6. The maximum absolute atomic E-state index is 13.1. The second kappa shape index (κ2) is 11.1. The SMILES string of the molecule is CC(F)(F)COc1nc2c(s1)CCN(CCC1CCC(CC(=O)c3cccc4nn(CF)cc34)CC1)C2. The molecule has 0 amide bonds. The first kappa shape index (κ1) is 26.2. The van der Waals surface area contributed by atoms with E-state index in [4.69, 9.17) is 4.74 Å². The fraction of sp³-hybridized carbons (Fsp3) is 0.593. The van der Waals surface area contributed by atoms with Crippen molar-refractivity contribution in [3.05, 3.63) is 40.5 Å². The summed E-state index contributed by atoms with van der Waals surface area (Å²) in [5.74, 6) is -1.71. The van der Waals surface area contributed by atoms with Crippen LogP contribution in [0.4, 0.5) is 13.2 Å². The summed E-state index contributed by atoms with van der Waals surface area (Å²) in [7, 11) is 0. The van der Waals surface area contributed by atoms with Gasteiger partial charge in [0.2, 0.25) is 0 Å². The van der Waals surface area contributed by atoms with E-state index in [0.717, 1.165) is 81.0 Å². The standard InChI is InChI=1S/C27H33F3N4O2S/c1-27(29,30)16-36-26-31-23-15-33(12-10-25(23)37-26)11-9-18-5-7-19(8-6-18)13-24(35)20-3-2-4-22-21(20)14-34(17-28)32-22/h2-4,14,18-19H,5-13,15-17H2,1H3. The van der Waals surface area contributed by atoms with Gasteiger partial charge in [0, 0.05) is 48.5 Å². The molecule has 0 radical (unpaired) electrons. The molecule has 0 bridgehead atoms. The van der Waals surface area contributed by atoms with E-state index >= 15 is 0 Å². The number of benzene rings is 1. The van der Waals surface area contributed by atoms with Crippen molar-refractivity contribution in [3.8, 4) is 5.19 Å². The summed E-state index contributed by atoms with van der Waals surface area (Å²) in [4.78, 5) is 21.0. The number of hydrogen-bond acceptors (Lipinski definition) is 6. The molecule has 2 aliphatic rings. The quantitative estimate of drug-likeness (QED) is 0.287. The minimum absolute atomic E-state index is 0.117. The van der Waals surface area contributed by atoms with E-state index in [1.165, 1.54) is 16.0 Å². The van der Waals surface area contributed by atoms with Crippen LogP contribution in [0.25, 0.3) is 10.9 Å². The Morgan fingerprint density at radius 3 is 2.76 bits per heavy atom. The summed E-state index contributed by atoms with van der Waals surface area (Å²) in [6.07, 6.45) is 8.50. The maximum Gasteiger partial charge on any atom is 0.278 e. The van der Waals surface area contributed by atoms with Crippen LogP contribution in [0, 0.1) is 11.8 Å². The number of carbonyl (C=O) groups excluding carboxylic acids is 1. The molecule has 3 heterocycles. The number of nitrogens with zero attached hydrogens (tertiary/aromatic N) is 4. The third-order valence-electron chi connectivity index (χ3n) is 7.55. The highest BCUT2D eigenvalue weighted by atomic mass is 32.1. The Kier molecular flexibility index (Phi) is 7.85. The second-order valence-electron chi connectivity index (χ2n) is 10.6. The molecular weight excluding hydrogens is 501 g/mol. The summed E-state index contributed by atoms with van der Waals surface area (Å²) >= 11 is 1.39. The van der Waals surface area contributed by atoms with Crippen molar-refractivity contribution < 1.29 is 22.7 Å². The molecule has 0 atom stereocenters. The van der Waals surface area contributed by atoms with E-state index in [9.17, 15) is 18.0 Å².